The van der Waals surface area contributed by atoms with Gasteiger partial charge in [0.05, 0.1) is 18.3 Å². The van der Waals surface area contributed by atoms with E-state index in [1.807, 2.05) is 10.8 Å². The standard InChI is InChI=1S/C18H18N2O5/c21-11-15-7-8-16(25-15)20-9-1-2-13(10-20)17(22)19-14-5-3-12(4-6-14)18(23)24/h1-6,9-10,15-16,21H,7-8,11H2,(H-,19,22,23,24)/p+1/t15-,16+/m0/s1. The number of benzene rings is 1. The molecule has 0 unspecified atom stereocenters. The van der Waals surface area contributed by atoms with Gasteiger partial charge in [0, 0.05) is 18.2 Å². The lowest BCUT2D eigenvalue weighted by Gasteiger charge is -2.09. The van der Waals surface area contributed by atoms with Crippen molar-refractivity contribution in [3.05, 3.63) is 59.9 Å². The molecule has 2 aromatic rings. The number of rotatable bonds is 5. The Hall–Kier alpha value is -2.77. The van der Waals surface area contributed by atoms with Crippen LogP contribution < -0.4 is 9.88 Å². The van der Waals surface area contributed by atoms with Crippen molar-refractivity contribution in [1.82, 2.24) is 0 Å². The zero-order valence-electron chi connectivity index (χ0n) is 13.5. The molecule has 1 aliphatic rings. The first-order chi connectivity index (χ1) is 12.1. The smallest absolute Gasteiger partial charge is 0.335 e. The number of pyridine rings is 1. The largest absolute Gasteiger partial charge is 0.478 e. The molecule has 0 aliphatic carbocycles. The molecule has 130 valence electrons. The van der Waals surface area contributed by atoms with Crippen LogP contribution in [0, 0.1) is 0 Å². The van der Waals surface area contributed by atoms with Gasteiger partial charge < -0.3 is 20.3 Å². The number of anilines is 1. The van der Waals surface area contributed by atoms with Crippen LogP contribution in [0.5, 0.6) is 0 Å². The minimum atomic E-state index is -1.01. The summed E-state index contributed by atoms with van der Waals surface area (Å²) in [6.45, 7) is -0.0103. The van der Waals surface area contributed by atoms with E-state index in [1.165, 1.54) is 12.1 Å². The molecule has 1 saturated heterocycles. The Labute approximate surface area is 144 Å². The van der Waals surface area contributed by atoms with E-state index in [4.69, 9.17) is 14.9 Å². The van der Waals surface area contributed by atoms with Gasteiger partial charge in [-0.2, -0.15) is 4.57 Å². The molecule has 0 spiro atoms. The zero-order valence-corrected chi connectivity index (χ0v) is 13.5. The van der Waals surface area contributed by atoms with Crippen LogP contribution in [0.2, 0.25) is 0 Å². The van der Waals surface area contributed by atoms with Crippen LogP contribution in [0.25, 0.3) is 0 Å². The molecule has 3 N–H and O–H groups in total. The molecule has 3 rings (SSSR count). The van der Waals surface area contributed by atoms with Gasteiger partial charge in [0.25, 0.3) is 12.1 Å². The molecular weight excluding hydrogens is 324 g/mol. The third kappa shape index (κ3) is 4.01. The molecule has 0 radical (unpaired) electrons. The minimum absolute atomic E-state index is 0.0103. The number of hydrogen-bond donors (Lipinski definition) is 3. The number of amides is 1. The fraction of sp³-hybridized carbons (Fsp3) is 0.278. The molecule has 7 heteroatoms. The molecule has 2 atom stereocenters. The number of aliphatic hydroxyl groups is 1. The van der Waals surface area contributed by atoms with Crippen molar-refractivity contribution in [2.24, 2.45) is 0 Å². The van der Waals surface area contributed by atoms with Gasteiger partial charge in [-0.05, 0) is 36.8 Å². The second kappa shape index (κ2) is 7.42. The average Bonchev–Trinajstić information content (AvgIpc) is 3.11. The lowest BCUT2D eigenvalue weighted by atomic mass is 10.2. The van der Waals surface area contributed by atoms with Gasteiger partial charge in [0.2, 0.25) is 0 Å². The van der Waals surface area contributed by atoms with E-state index in [0.29, 0.717) is 11.3 Å². The number of carboxylic acid groups (broad SMARTS) is 1. The van der Waals surface area contributed by atoms with Gasteiger partial charge in [0.1, 0.15) is 5.56 Å². The van der Waals surface area contributed by atoms with E-state index in [9.17, 15) is 9.59 Å². The molecule has 25 heavy (non-hydrogen) atoms. The summed E-state index contributed by atoms with van der Waals surface area (Å²) >= 11 is 0. The van der Waals surface area contributed by atoms with Crippen LogP contribution in [-0.4, -0.2) is 34.8 Å². The number of carbonyl (C=O) groups excluding carboxylic acids is 1. The maximum absolute atomic E-state index is 12.4. The van der Waals surface area contributed by atoms with Gasteiger partial charge in [-0.15, -0.1) is 0 Å². The second-order valence-corrected chi connectivity index (χ2v) is 5.85. The Balaban J connectivity index is 1.70. The highest BCUT2D eigenvalue weighted by Gasteiger charge is 2.31. The second-order valence-electron chi connectivity index (χ2n) is 5.85. The Kier molecular flexibility index (Phi) is 5.06. The van der Waals surface area contributed by atoms with Crippen LogP contribution in [-0.2, 0) is 4.74 Å². The molecule has 0 saturated carbocycles. The Bertz CT molecular complexity index is 775. The predicted octanol–water partition coefficient (Wildman–Crippen LogP) is 1.59. The van der Waals surface area contributed by atoms with Gasteiger partial charge in [-0.3, -0.25) is 4.79 Å². The number of hydrogen-bond acceptors (Lipinski definition) is 4. The molecule has 0 bridgehead atoms. The lowest BCUT2D eigenvalue weighted by Crippen LogP contribution is -2.40. The normalized spacial score (nSPS) is 19.6. The summed E-state index contributed by atoms with van der Waals surface area (Å²) in [5.41, 5.74) is 1.14. The fourth-order valence-corrected chi connectivity index (χ4v) is 2.75. The first-order valence-corrected chi connectivity index (χ1v) is 7.98. The Morgan fingerprint density at radius 2 is 1.92 bits per heavy atom. The van der Waals surface area contributed by atoms with Gasteiger partial charge in [-0.1, -0.05) is 0 Å². The molecule has 1 fully saturated rings. The Morgan fingerprint density at radius 1 is 1.16 bits per heavy atom. The van der Waals surface area contributed by atoms with Crippen LogP contribution >= 0.6 is 0 Å². The van der Waals surface area contributed by atoms with Crippen LogP contribution in [0.4, 0.5) is 5.69 Å². The van der Waals surface area contributed by atoms with Gasteiger partial charge >= 0.3 is 5.97 Å². The highest BCUT2D eigenvalue weighted by Crippen LogP contribution is 2.23. The number of nitrogens with one attached hydrogen (secondary N) is 1. The predicted molar refractivity (Wildman–Crippen MR) is 88.2 cm³/mol. The van der Waals surface area contributed by atoms with Gasteiger partial charge in [-0.25, -0.2) is 4.79 Å². The average molecular weight is 343 g/mol. The zero-order chi connectivity index (χ0) is 17.8. The molecule has 7 nitrogen and oxygen atoms in total. The number of aromatic nitrogens is 1. The third-order valence-electron chi connectivity index (χ3n) is 4.10. The highest BCUT2D eigenvalue weighted by molar-refractivity contribution is 6.04. The first kappa shape index (κ1) is 17.1. The molecule has 1 aromatic carbocycles. The fourth-order valence-electron chi connectivity index (χ4n) is 2.75. The maximum atomic E-state index is 12.4. The summed E-state index contributed by atoms with van der Waals surface area (Å²) in [7, 11) is 0. The van der Waals surface area contributed by atoms with Crippen LogP contribution in [0.3, 0.4) is 0 Å². The Morgan fingerprint density at radius 3 is 2.56 bits per heavy atom. The molecule has 1 amide bonds. The summed E-state index contributed by atoms with van der Waals surface area (Å²) in [5, 5.41) is 20.8. The van der Waals surface area contributed by atoms with Gasteiger partial charge in [0.15, 0.2) is 12.4 Å². The van der Waals surface area contributed by atoms with E-state index in [0.717, 1.165) is 12.8 Å². The highest BCUT2D eigenvalue weighted by atomic mass is 16.5. The van der Waals surface area contributed by atoms with Crippen molar-refractivity contribution >= 4 is 17.6 Å². The summed E-state index contributed by atoms with van der Waals surface area (Å²) in [6.07, 6.45) is 4.72. The van der Waals surface area contributed by atoms with E-state index >= 15 is 0 Å². The topological polar surface area (TPSA) is 99.7 Å². The third-order valence-corrected chi connectivity index (χ3v) is 4.10. The monoisotopic (exact) mass is 343 g/mol. The first-order valence-electron chi connectivity index (χ1n) is 7.98. The van der Waals surface area contributed by atoms with Crippen molar-refractivity contribution in [2.75, 3.05) is 11.9 Å². The minimum Gasteiger partial charge on any atom is -0.478 e. The van der Waals surface area contributed by atoms with Crippen LogP contribution in [0.1, 0.15) is 39.8 Å². The SMILES string of the molecule is O=C(O)c1ccc(NC(=O)c2ccc[n+]([C@H]3CC[C@@H](CO)O3)c2)cc1. The van der Waals surface area contributed by atoms with Crippen molar-refractivity contribution in [3.8, 4) is 0 Å². The number of nitrogens with zero attached hydrogens (tertiary/aromatic N) is 1. The molecule has 2 heterocycles. The number of ether oxygens (including phenoxy) is 1. The van der Waals surface area contributed by atoms with Crippen molar-refractivity contribution in [1.29, 1.82) is 0 Å². The quantitative estimate of drug-likeness (QED) is 0.716. The van der Waals surface area contributed by atoms with E-state index < -0.39 is 5.97 Å². The number of aromatic carboxylic acids is 1. The summed E-state index contributed by atoms with van der Waals surface area (Å²) in [4.78, 5) is 23.2. The van der Waals surface area contributed by atoms with E-state index in [2.05, 4.69) is 5.32 Å². The van der Waals surface area contributed by atoms with Crippen molar-refractivity contribution in [2.45, 2.75) is 25.2 Å². The van der Waals surface area contributed by atoms with Crippen molar-refractivity contribution in [3.63, 3.8) is 0 Å². The molecular formula is C18H19N2O5+. The lowest BCUT2D eigenvalue weighted by molar-refractivity contribution is -0.759. The van der Waals surface area contributed by atoms with Crippen LogP contribution in [0.15, 0.2) is 48.8 Å². The molecule has 1 aliphatic heterocycles. The summed E-state index contributed by atoms with van der Waals surface area (Å²) in [5.74, 6) is -1.31. The van der Waals surface area contributed by atoms with E-state index in [-0.39, 0.29) is 30.4 Å². The maximum Gasteiger partial charge on any atom is 0.335 e. The van der Waals surface area contributed by atoms with Crippen molar-refractivity contribution < 1.29 is 29.1 Å². The van der Waals surface area contributed by atoms with E-state index in [1.54, 1.807) is 30.5 Å². The number of aliphatic hydroxyl groups excluding tert-OH is 1. The molecule has 1 aromatic heterocycles. The summed E-state index contributed by atoms with van der Waals surface area (Å²) in [6, 6.07) is 9.41. The summed E-state index contributed by atoms with van der Waals surface area (Å²) < 4.78 is 7.53. The number of carbonyl (C=O) groups is 2. The number of carboxylic acids is 1.